The van der Waals surface area contributed by atoms with Gasteiger partial charge in [0.2, 0.25) is 5.82 Å². The van der Waals surface area contributed by atoms with E-state index in [-0.39, 0.29) is 0 Å². The van der Waals surface area contributed by atoms with Crippen LogP contribution >= 0.6 is 0 Å². The van der Waals surface area contributed by atoms with E-state index in [9.17, 15) is 13.2 Å². The van der Waals surface area contributed by atoms with Crippen LogP contribution in [0.1, 0.15) is 22.8 Å². The fraction of sp³-hybridized carbons (Fsp3) is 0.312. The molecular formula is C16H16F3N5. The minimum Gasteiger partial charge on any atom is -0.303 e. The van der Waals surface area contributed by atoms with Gasteiger partial charge in [-0.3, -0.25) is 4.90 Å². The van der Waals surface area contributed by atoms with Gasteiger partial charge >= 0.3 is 6.18 Å². The van der Waals surface area contributed by atoms with Gasteiger partial charge in [-0.05, 0) is 26.1 Å². The lowest BCUT2D eigenvalue weighted by atomic mass is 10.2. The number of pyridine rings is 1. The zero-order valence-electron chi connectivity index (χ0n) is 13.2. The maximum Gasteiger partial charge on any atom is 0.451 e. The molecule has 3 rings (SSSR count). The Balaban J connectivity index is 1.74. The minimum absolute atomic E-state index is 0.335. The van der Waals surface area contributed by atoms with Crippen LogP contribution in [-0.4, -0.2) is 31.3 Å². The van der Waals surface area contributed by atoms with E-state index >= 15 is 0 Å². The van der Waals surface area contributed by atoms with Crippen molar-refractivity contribution in [3.8, 4) is 0 Å². The van der Waals surface area contributed by atoms with Crippen molar-refractivity contribution in [1.82, 2.24) is 24.3 Å². The molecule has 0 saturated heterocycles. The van der Waals surface area contributed by atoms with Crippen molar-refractivity contribution in [2.75, 3.05) is 7.05 Å². The van der Waals surface area contributed by atoms with E-state index in [0.29, 0.717) is 24.3 Å². The van der Waals surface area contributed by atoms with Gasteiger partial charge in [0, 0.05) is 36.7 Å². The molecule has 0 amide bonds. The average Bonchev–Trinajstić information content (AvgIpc) is 2.91. The smallest absolute Gasteiger partial charge is 0.303 e. The third-order valence-electron chi connectivity index (χ3n) is 3.70. The SMILES string of the molecule is Cc1nc(C(F)(F)F)ncc1CN(C)Cc1cnc2ccccn12. The normalized spacial score (nSPS) is 12.2. The highest BCUT2D eigenvalue weighted by Crippen LogP contribution is 2.26. The van der Waals surface area contributed by atoms with Gasteiger partial charge < -0.3 is 4.40 Å². The molecule has 0 bridgehead atoms. The standard InChI is InChI=1S/C16H16F3N5/c1-11-12(7-21-15(22-11)16(17,18)19)9-23(2)10-13-8-20-14-5-3-4-6-24(13)14/h3-8H,9-10H2,1-2H3. The number of aromatic nitrogens is 4. The van der Waals surface area contributed by atoms with Crippen molar-refractivity contribution >= 4 is 5.65 Å². The van der Waals surface area contributed by atoms with E-state index in [1.54, 1.807) is 13.1 Å². The van der Waals surface area contributed by atoms with Crippen LogP contribution in [0, 0.1) is 6.92 Å². The summed E-state index contributed by atoms with van der Waals surface area (Å²) in [5.74, 6) is -1.10. The number of imidazole rings is 1. The maximum absolute atomic E-state index is 12.6. The number of rotatable bonds is 4. The number of aryl methyl sites for hydroxylation is 1. The highest BCUT2D eigenvalue weighted by atomic mass is 19.4. The minimum atomic E-state index is -4.52. The second kappa shape index (κ2) is 6.20. The molecule has 3 aromatic heterocycles. The number of hydrogen-bond donors (Lipinski definition) is 0. The monoisotopic (exact) mass is 335 g/mol. The highest BCUT2D eigenvalue weighted by Gasteiger charge is 2.34. The van der Waals surface area contributed by atoms with Crippen LogP contribution in [0.2, 0.25) is 0 Å². The van der Waals surface area contributed by atoms with E-state index in [4.69, 9.17) is 0 Å². The van der Waals surface area contributed by atoms with Gasteiger partial charge in [-0.2, -0.15) is 13.2 Å². The molecule has 0 aromatic carbocycles. The summed E-state index contributed by atoms with van der Waals surface area (Å²) in [6.07, 6.45) is 0.446. The molecule has 0 fully saturated rings. The summed E-state index contributed by atoms with van der Waals surface area (Å²) in [6.45, 7) is 2.62. The first-order valence-corrected chi connectivity index (χ1v) is 7.34. The summed E-state index contributed by atoms with van der Waals surface area (Å²) in [4.78, 5) is 13.3. The van der Waals surface area contributed by atoms with E-state index in [2.05, 4.69) is 15.0 Å². The molecule has 0 atom stereocenters. The Morgan fingerprint density at radius 1 is 1.12 bits per heavy atom. The predicted molar refractivity (Wildman–Crippen MR) is 82.1 cm³/mol. The van der Waals surface area contributed by atoms with Crippen LogP contribution in [0.15, 0.2) is 36.8 Å². The Morgan fingerprint density at radius 3 is 2.62 bits per heavy atom. The van der Waals surface area contributed by atoms with Gasteiger partial charge in [-0.1, -0.05) is 6.07 Å². The molecule has 0 radical (unpaired) electrons. The molecule has 0 aliphatic carbocycles. The Hall–Kier alpha value is -2.48. The third-order valence-corrected chi connectivity index (χ3v) is 3.70. The maximum atomic E-state index is 12.6. The number of hydrogen-bond acceptors (Lipinski definition) is 4. The van der Waals surface area contributed by atoms with Crippen molar-refractivity contribution in [3.63, 3.8) is 0 Å². The van der Waals surface area contributed by atoms with Gasteiger partial charge in [0.1, 0.15) is 5.65 Å². The molecule has 24 heavy (non-hydrogen) atoms. The van der Waals surface area contributed by atoms with Crippen LogP contribution in [0.3, 0.4) is 0 Å². The Bertz CT molecular complexity index is 856. The topological polar surface area (TPSA) is 46.3 Å². The van der Waals surface area contributed by atoms with Crippen LogP contribution in [-0.2, 0) is 19.3 Å². The molecule has 5 nitrogen and oxygen atoms in total. The fourth-order valence-electron chi connectivity index (χ4n) is 2.51. The first kappa shape index (κ1) is 16.4. The molecule has 0 aliphatic heterocycles. The summed E-state index contributed by atoms with van der Waals surface area (Å²) < 4.78 is 39.8. The van der Waals surface area contributed by atoms with Gasteiger partial charge in [0.05, 0.1) is 11.9 Å². The summed E-state index contributed by atoms with van der Waals surface area (Å²) in [5, 5.41) is 0. The van der Waals surface area contributed by atoms with Gasteiger partial charge in [-0.15, -0.1) is 0 Å². The molecule has 3 heterocycles. The molecule has 0 N–H and O–H groups in total. The molecule has 0 unspecified atom stereocenters. The number of nitrogens with zero attached hydrogens (tertiary/aromatic N) is 5. The van der Waals surface area contributed by atoms with Crippen molar-refractivity contribution in [1.29, 1.82) is 0 Å². The quantitative estimate of drug-likeness (QED) is 0.735. The highest BCUT2D eigenvalue weighted by molar-refractivity contribution is 5.39. The van der Waals surface area contributed by atoms with E-state index in [0.717, 1.165) is 11.3 Å². The number of halogens is 3. The van der Waals surface area contributed by atoms with Gasteiger partial charge in [-0.25, -0.2) is 15.0 Å². The molecule has 0 spiro atoms. The first-order valence-electron chi connectivity index (χ1n) is 7.34. The average molecular weight is 335 g/mol. The van der Waals surface area contributed by atoms with Crippen molar-refractivity contribution in [2.24, 2.45) is 0 Å². The van der Waals surface area contributed by atoms with Crippen LogP contribution < -0.4 is 0 Å². The van der Waals surface area contributed by atoms with Gasteiger partial charge in [0.25, 0.3) is 0 Å². The zero-order chi connectivity index (χ0) is 17.3. The lowest BCUT2D eigenvalue weighted by molar-refractivity contribution is -0.145. The van der Waals surface area contributed by atoms with Crippen LogP contribution in [0.25, 0.3) is 5.65 Å². The predicted octanol–water partition coefficient (Wildman–Crippen LogP) is 3.08. The van der Waals surface area contributed by atoms with Crippen LogP contribution in [0.5, 0.6) is 0 Å². The molecular weight excluding hydrogens is 319 g/mol. The van der Waals surface area contributed by atoms with E-state index < -0.39 is 12.0 Å². The first-order chi connectivity index (χ1) is 11.3. The summed E-state index contributed by atoms with van der Waals surface area (Å²) in [6, 6.07) is 5.75. The third kappa shape index (κ3) is 3.38. The van der Waals surface area contributed by atoms with Crippen molar-refractivity contribution in [2.45, 2.75) is 26.2 Å². The molecule has 8 heteroatoms. The second-order valence-corrected chi connectivity index (χ2v) is 5.65. The lowest BCUT2D eigenvalue weighted by Crippen LogP contribution is -2.20. The summed E-state index contributed by atoms with van der Waals surface area (Å²) >= 11 is 0. The summed E-state index contributed by atoms with van der Waals surface area (Å²) in [7, 11) is 1.89. The van der Waals surface area contributed by atoms with Gasteiger partial charge in [0.15, 0.2) is 0 Å². The molecule has 0 saturated carbocycles. The number of fused-ring (bicyclic) bond motifs is 1. The lowest BCUT2D eigenvalue weighted by Gasteiger charge is -2.17. The molecule has 3 aromatic rings. The van der Waals surface area contributed by atoms with Crippen molar-refractivity contribution < 1.29 is 13.2 Å². The molecule has 0 aliphatic rings. The van der Waals surface area contributed by atoms with Crippen LogP contribution in [0.4, 0.5) is 13.2 Å². The zero-order valence-corrected chi connectivity index (χ0v) is 13.2. The van der Waals surface area contributed by atoms with E-state index in [1.165, 1.54) is 6.20 Å². The Morgan fingerprint density at radius 2 is 1.92 bits per heavy atom. The second-order valence-electron chi connectivity index (χ2n) is 5.65. The fourth-order valence-corrected chi connectivity index (χ4v) is 2.51. The Kier molecular flexibility index (Phi) is 4.23. The Labute approximate surface area is 136 Å². The van der Waals surface area contributed by atoms with Crippen molar-refractivity contribution in [3.05, 3.63) is 59.6 Å². The summed E-state index contributed by atoms with van der Waals surface area (Å²) in [5.41, 5.74) is 2.86. The molecule has 126 valence electrons. The largest absolute Gasteiger partial charge is 0.451 e. The number of alkyl halides is 3. The van der Waals surface area contributed by atoms with E-state index in [1.807, 2.05) is 40.7 Å².